The van der Waals surface area contributed by atoms with Crippen molar-refractivity contribution in [2.24, 2.45) is 5.73 Å². The summed E-state index contributed by atoms with van der Waals surface area (Å²) in [5.74, 6) is 0.264. The van der Waals surface area contributed by atoms with Crippen LogP contribution >= 0.6 is 0 Å². The molecule has 0 saturated heterocycles. The van der Waals surface area contributed by atoms with Crippen LogP contribution in [-0.4, -0.2) is 29.9 Å². The van der Waals surface area contributed by atoms with E-state index in [1.165, 1.54) is 18.4 Å². The normalized spacial score (nSPS) is 15.5. The average molecular weight is 274 g/mol. The Morgan fingerprint density at radius 2 is 2.00 bits per heavy atom. The van der Waals surface area contributed by atoms with Crippen molar-refractivity contribution in [1.29, 1.82) is 0 Å². The van der Waals surface area contributed by atoms with Crippen molar-refractivity contribution in [3.05, 3.63) is 35.4 Å². The van der Waals surface area contributed by atoms with Crippen LogP contribution in [0.25, 0.3) is 0 Å². The van der Waals surface area contributed by atoms with E-state index in [0.717, 1.165) is 31.4 Å². The molecule has 0 radical (unpaired) electrons. The van der Waals surface area contributed by atoms with Crippen LogP contribution in [0.2, 0.25) is 0 Å². The number of benzene rings is 1. The van der Waals surface area contributed by atoms with E-state index in [2.05, 4.69) is 24.0 Å². The molecule has 1 fully saturated rings. The smallest absolute Gasteiger partial charge is 0.227 e. The SMILES string of the molecule is Cc1ccccc1CC(=O)N(CCCN)C1CCCC1. The highest BCUT2D eigenvalue weighted by molar-refractivity contribution is 5.79. The van der Waals surface area contributed by atoms with Crippen molar-refractivity contribution in [2.75, 3.05) is 13.1 Å². The third kappa shape index (κ3) is 3.83. The van der Waals surface area contributed by atoms with Gasteiger partial charge in [-0.25, -0.2) is 0 Å². The van der Waals surface area contributed by atoms with E-state index >= 15 is 0 Å². The molecule has 1 aromatic rings. The third-order valence-corrected chi connectivity index (χ3v) is 4.29. The number of hydrogen-bond acceptors (Lipinski definition) is 2. The van der Waals surface area contributed by atoms with Crippen molar-refractivity contribution < 1.29 is 4.79 Å². The number of rotatable bonds is 6. The fourth-order valence-corrected chi connectivity index (χ4v) is 3.06. The lowest BCUT2D eigenvalue weighted by atomic mass is 10.0. The summed E-state index contributed by atoms with van der Waals surface area (Å²) in [4.78, 5) is 14.7. The van der Waals surface area contributed by atoms with E-state index in [-0.39, 0.29) is 5.91 Å². The van der Waals surface area contributed by atoms with E-state index in [4.69, 9.17) is 5.73 Å². The summed E-state index contributed by atoms with van der Waals surface area (Å²) in [7, 11) is 0. The van der Waals surface area contributed by atoms with Crippen molar-refractivity contribution in [1.82, 2.24) is 4.90 Å². The second-order valence-corrected chi connectivity index (χ2v) is 5.77. The van der Waals surface area contributed by atoms with Crippen LogP contribution in [0.15, 0.2) is 24.3 Å². The van der Waals surface area contributed by atoms with Crippen LogP contribution < -0.4 is 5.73 Å². The van der Waals surface area contributed by atoms with E-state index in [9.17, 15) is 4.79 Å². The molecule has 2 N–H and O–H groups in total. The summed E-state index contributed by atoms with van der Waals surface area (Å²) >= 11 is 0. The zero-order chi connectivity index (χ0) is 14.4. The largest absolute Gasteiger partial charge is 0.339 e. The minimum Gasteiger partial charge on any atom is -0.339 e. The fourth-order valence-electron chi connectivity index (χ4n) is 3.06. The summed E-state index contributed by atoms with van der Waals surface area (Å²) < 4.78 is 0. The molecule has 0 atom stereocenters. The van der Waals surface area contributed by atoms with Crippen molar-refractivity contribution in [2.45, 2.75) is 51.5 Å². The molecule has 1 amide bonds. The Balaban J connectivity index is 2.03. The van der Waals surface area contributed by atoms with E-state index < -0.39 is 0 Å². The molecule has 1 aliphatic rings. The molecule has 1 aliphatic carbocycles. The zero-order valence-electron chi connectivity index (χ0n) is 12.5. The molecule has 0 unspecified atom stereocenters. The topological polar surface area (TPSA) is 46.3 Å². The maximum absolute atomic E-state index is 12.6. The van der Waals surface area contributed by atoms with Gasteiger partial charge in [0, 0.05) is 12.6 Å². The molecule has 3 nitrogen and oxygen atoms in total. The lowest BCUT2D eigenvalue weighted by Crippen LogP contribution is -2.41. The van der Waals surface area contributed by atoms with Gasteiger partial charge in [0.15, 0.2) is 0 Å². The Morgan fingerprint density at radius 3 is 2.65 bits per heavy atom. The summed E-state index contributed by atoms with van der Waals surface area (Å²) in [6, 6.07) is 8.60. The summed E-state index contributed by atoms with van der Waals surface area (Å²) in [6.45, 7) is 3.54. The minimum absolute atomic E-state index is 0.264. The maximum Gasteiger partial charge on any atom is 0.227 e. The molecule has 0 spiro atoms. The first-order chi connectivity index (χ1) is 9.72. The Labute approximate surface area is 122 Å². The molecule has 0 aromatic heterocycles. The van der Waals surface area contributed by atoms with Gasteiger partial charge in [-0.1, -0.05) is 37.1 Å². The van der Waals surface area contributed by atoms with Crippen LogP contribution in [0.4, 0.5) is 0 Å². The van der Waals surface area contributed by atoms with Crippen LogP contribution in [0.1, 0.15) is 43.2 Å². The molecule has 2 rings (SSSR count). The standard InChI is InChI=1S/C17H26N2O/c1-14-7-2-3-8-15(14)13-17(20)19(12-6-11-18)16-9-4-5-10-16/h2-3,7-8,16H,4-6,9-13,18H2,1H3. The first kappa shape index (κ1) is 15.0. The molecule has 20 heavy (non-hydrogen) atoms. The van der Waals surface area contributed by atoms with Gasteiger partial charge >= 0.3 is 0 Å². The number of carbonyl (C=O) groups excluding carboxylic acids is 1. The number of amides is 1. The van der Waals surface area contributed by atoms with Crippen LogP contribution in [0, 0.1) is 6.92 Å². The van der Waals surface area contributed by atoms with Gasteiger partial charge in [-0.05, 0) is 43.9 Å². The fraction of sp³-hybridized carbons (Fsp3) is 0.588. The number of hydrogen-bond donors (Lipinski definition) is 1. The Hall–Kier alpha value is -1.35. The highest BCUT2D eigenvalue weighted by Crippen LogP contribution is 2.24. The van der Waals surface area contributed by atoms with Gasteiger partial charge in [0.25, 0.3) is 0 Å². The lowest BCUT2D eigenvalue weighted by molar-refractivity contribution is -0.132. The van der Waals surface area contributed by atoms with Gasteiger partial charge in [0.05, 0.1) is 6.42 Å². The molecule has 110 valence electrons. The second kappa shape index (κ2) is 7.44. The second-order valence-electron chi connectivity index (χ2n) is 5.77. The van der Waals surface area contributed by atoms with Gasteiger partial charge < -0.3 is 10.6 Å². The Bertz CT molecular complexity index is 438. The molecule has 0 aliphatic heterocycles. The van der Waals surface area contributed by atoms with Gasteiger partial charge in [-0.15, -0.1) is 0 Å². The minimum atomic E-state index is 0.264. The molecule has 1 saturated carbocycles. The van der Waals surface area contributed by atoms with Gasteiger partial charge in [0.1, 0.15) is 0 Å². The Kier molecular flexibility index (Phi) is 5.60. The van der Waals surface area contributed by atoms with E-state index in [1.54, 1.807) is 0 Å². The van der Waals surface area contributed by atoms with Crippen LogP contribution in [0.5, 0.6) is 0 Å². The van der Waals surface area contributed by atoms with Crippen molar-refractivity contribution in [3.63, 3.8) is 0 Å². The van der Waals surface area contributed by atoms with Crippen molar-refractivity contribution in [3.8, 4) is 0 Å². The monoisotopic (exact) mass is 274 g/mol. The summed E-state index contributed by atoms with van der Waals surface area (Å²) in [5.41, 5.74) is 7.96. The predicted molar refractivity (Wildman–Crippen MR) is 82.5 cm³/mol. The predicted octanol–water partition coefficient (Wildman–Crippen LogP) is 2.66. The lowest BCUT2D eigenvalue weighted by Gasteiger charge is -2.29. The number of nitrogens with two attached hydrogens (primary N) is 1. The van der Waals surface area contributed by atoms with E-state index in [1.807, 2.05) is 12.1 Å². The molecule has 3 heteroatoms. The van der Waals surface area contributed by atoms with Crippen LogP contribution in [0.3, 0.4) is 0 Å². The highest BCUT2D eigenvalue weighted by atomic mass is 16.2. The molecule has 1 aromatic carbocycles. The quantitative estimate of drug-likeness (QED) is 0.867. The first-order valence-electron chi connectivity index (χ1n) is 7.76. The number of nitrogens with zero attached hydrogens (tertiary/aromatic N) is 1. The zero-order valence-corrected chi connectivity index (χ0v) is 12.5. The highest BCUT2D eigenvalue weighted by Gasteiger charge is 2.26. The van der Waals surface area contributed by atoms with Gasteiger partial charge in [-0.3, -0.25) is 4.79 Å². The van der Waals surface area contributed by atoms with Gasteiger partial charge in [0.2, 0.25) is 5.91 Å². The first-order valence-corrected chi connectivity index (χ1v) is 7.76. The summed E-state index contributed by atoms with van der Waals surface area (Å²) in [5, 5.41) is 0. The third-order valence-electron chi connectivity index (χ3n) is 4.29. The molecule has 0 bridgehead atoms. The Morgan fingerprint density at radius 1 is 1.30 bits per heavy atom. The molecular weight excluding hydrogens is 248 g/mol. The summed E-state index contributed by atoms with van der Waals surface area (Å²) in [6.07, 6.45) is 6.24. The van der Waals surface area contributed by atoms with Gasteiger partial charge in [-0.2, -0.15) is 0 Å². The maximum atomic E-state index is 12.6. The number of carbonyl (C=O) groups is 1. The van der Waals surface area contributed by atoms with Crippen molar-refractivity contribution >= 4 is 5.91 Å². The average Bonchev–Trinajstić information content (AvgIpc) is 2.96. The molecular formula is C17H26N2O. The number of aryl methyl sites for hydroxylation is 1. The van der Waals surface area contributed by atoms with Crippen LogP contribution in [-0.2, 0) is 11.2 Å². The van der Waals surface area contributed by atoms with E-state index in [0.29, 0.717) is 19.0 Å². The molecule has 0 heterocycles.